The largest absolute Gasteiger partial charge is 0.344 e. The van der Waals surface area contributed by atoms with Gasteiger partial charge < -0.3 is 4.74 Å². The SMILES string of the molecule is C1CCC(OOC2(OC3CCCC3)CCCCCC2)CC1. The van der Waals surface area contributed by atoms with Crippen LogP contribution in [-0.4, -0.2) is 18.0 Å². The summed E-state index contributed by atoms with van der Waals surface area (Å²) in [5.41, 5.74) is 0. The second kappa shape index (κ2) is 7.94. The van der Waals surface area contributed by atoms with Crippen molar-refractivity contribution in [3.05, 3.63) is 0 Å². The quantitative estimate of drug-likeness (QED) is 0.299. The predicted octanol–water partition coefficient (Wildman–Crippen LogP) is 5.28. The second-order valence-corrected chi connectivity index (χ2v) is 7.29. The first kappa shape index (κ1) is 15.8. The van der Waals surface area contributed by atoms with E-state index in [2.05, 4.69) is 0 Å². The summed E-state index contributed by atoms with van der Waals surface area (Å²) in [5, 5.41) is 0. The molecule has 0 unspecified atom stereocenters. The summed E-state index contributed by atoms with van der Waals surface area (Å²) >= 11 is 0. The Balaban J connectivity index is 1.56. The number of hydrogen-bond donors (Lipinski definition) is 0. The molecule has 0 heterocycles. The van der Waals surface area contributed by atoms with Gasteiger partial charge in [-0.2, -0.15) is 0 Å². The normalized spacial score (nSPS) is 28.6. The highest BCUT2D eigenvalue weighted by Gasteiger charge is 2.38. The standard InChI is InChI=1S/C18H32O3/c1-2-9-15-18(14-8-1,19-16-10-6-7-11-16)21-20-17-12-4-3-5-13-17/h16-17H,1-15H2. The molecule has 0 aromatic carbocycles. The van der Waals surface area contributed by atoms with Crippen LogP contribution in [0.2, 0.25) is 0 Å². The third-order valence-corrected chi connectivity index (χ3v) is 5.44. The molecule has 0 spiro atoms. The molecule has 3 fully saturated rings. The Morgan fingerprint density at radius 3 is 1.76 bits per heavy atom. The van der Waals surface area contributed by atoms with Gasteiger partial charge in [-0.3, -0.25) is 0 Å². The van der Waals surface area contributed by atoms with Gasteiger partial charge in [-0.05, 0) is 38.5 Å². The molecule has 3 rings (SSSR count). The van der Waals surface area contributed by atoms with E-state index in [0.717, 1.165) is 25.7 Å². The third kappa shape index (κ3) is 4.67. The van der Waals surface area contributed by atoms with Gasteiger partial charge in [0.25, 0.3) is 0 Å². The lowest BCUT2D eigenvalue weighted by Crippen LogP contribution is -2.40. The molecule has 3 nitrogen and oxygen atoms in total. The maximum atomic E-state index is 6.46. The van der Waals surface area contributed by atoms with E-state index in [9.17, 15) is 0 Å². The molecule has 0 saturated heterocycles. The molecular weight excluding hydrogens is 264 g/mol. The summed E-state index contributed by atoms with van der Waals surface area (Å²) in [6, 6.07) is 0. The van der Waals surface area contributed by atoms with Crippen molar-refractivity contribution in [1.82, 2.24) is 0 Å². The molecule has 3 aliphatic carbocycles. The van der Waals surface area contributed by atoms with Crippen LogP contribution in [0, 0.1) is 0 Å². The molecule has 0 aliphatic heterocycles. The molecule has 3 saturated carbocycles. The van der Waals surface area contributed by atoms with E-state index < -0.39 is 5.79 Å². The number of ether oxygens (including phenoxy) is 1. The smallest absolute Gasteiger partial charge is 0.201 e. The lowest BCUT2D eigenvalue weighted by molar-refractivity contribution is -0.456. The summed E-state index contributed by atoms with van der Waals surface area (Å²) in [4.78, 5) is 11.9. The average molecular weight is 296 g/mol. The maximum absolute atomic E-state index is 6.46. The molecule has 0 atom stereocenters. The molecule has 0 bridgehead atoms. The average Bonchev–Trinajstić information content (AvgIpc) is 2.91. The lowest BCUT2D eigenvalue weighted by Gasteiger charge is -2.35. The minimum atomic E-state index is -0.442. The first-order chi connectivity index (χ1) is 10.4. The van der Waals surface area contributed by atoms with Gasteiger partial charge >= 0.3 is 0 Å². The van der Waals surface area contributed by atoms with Crippen molar-refractivity contribution in [2.45, 2.75) is 114 Å². The topological polar surface area (TPSA) is 27.7 Å². The van der Waals surface area contributed by atoms with E-state index in [1.54, 1.807) is 0 Å². The zero-order valence-electron chi connectivity index (χ0n) is 13.5. The minimum absolute atomic E-state index is 0.297. The van der Waals surface area contributed by atoms with E-state index in [-0.39, 0.29) is 0 Å². The summed E-state index contributed by atoms with van der Waals surface area (Å²) in [7, 11) is 0. The molecular formula is C18H32O3. The molecule has 122 valence electrons. The van der Waals surface area contributed by atoms with Gasteiger partial charge in [0, 0.05) is 12.8 Å². The fourth-order valence-electron chi connectivity index (χ4n) is 4.12. The van der Waals surface area contributed by atoms with Crippen molar-refractivity contribution < 1.29 is 14.5 Å². The predicted molar refractivity (Wildman–Crippen MR) is 82.8 cm³/mol. The van der Waals surface area contributed by atoms with Crippen molar-refractivity contribution in [3.63, 3.8) is 0 Å². The van der Waals surface area contributed by atoms with Crippen LogP contribution in [0.4, 0.5) is 0 Å². The molecule has 3 aliphatic rings. The molecule has 0 aromatic rings. The fraction of sp³-hybridized carbons (Fsp3) is 1.00. The zero-order valence-corrected chi connectivity index (χ0v) is 13.5. The molecule has 0 aromatic heterocycles. The van der Waals surface area contributed by atoms with Crippen molar-refractivity contribution >= 4 is 0 Å². The zero-order chi connectivity index (χ0) is 14.4. The monoisotopic (exact) mass is 296 g/mol. The highest BCUT2D eigenvalue weighted by atomic mass is 17.2. The fourth-order valence-corrected chi connectivity index (χ4v) is 4.12. The maximum Gasteiger partial charge on any atom is 0.201 e. The molecule has 3 heteroatoms. The van der Waals surface area contributed by atoms with Crippen LogP contribution in [0.3, 0.4) is 0 Å². The summed E-state index contributed by atoms with van der Waals surface area (Å²) in [6.07, 6.45) is 19.0. The van der Waals surface area contributed by atoms with Gasteiger partial charge in [0.05, 0.1) is 12.2 Å². The lowest BCUT2D eigenvalue weighted by atomic mass is 9.98. The van der Waals surface area contributed by atoms with Gasteiger partial charge in [0.15, 0.2) is 0 Å². The van der Waals surface area contributed by atoms with Gasteiger partial charge in [0.2, 0.25) is 5.79 Å². The van der Waals surface area contributed by atoms with Crippen LogP contribution in [0.1, 0.15) is 96.3 Å². The Morgan fingerprint density at radius 1 is 0.571 bits per heavy atom. The Kier molecular flexibility index (Phi) is 5.96. The Hall–Kier alpha value is -0.120. The minimum Gasteiger partial charge on any atom is -0.344 e. The van der Waals surface area contributed by atoms with Crippen molar-refractivity contribution in [3.8, 4) is 0 Å². The van der Waals surface area contributed by atoms with E-state index in [1.807, 2.05) is 0 Å². The highest BCUT2D eigenvalue weighted by molar-refractivity contribution is 4.78. The Bertz CT molecular complexity index is 285. The summed E-state index contributed by atoms with van der Waals surface area (Å²) < 4.78 is 6.46. The van der Waals surface area contributed by atoms with Crippen LogP contribution in [0.5, 0.6) is 0 Å². The summed E-state index contributed by atoms with van der Waals surface area (Å²) in [6.45, 7) is 0. The van der Waals surface area contributed by atoms with Gasteiger partial charge in [0.1, 0.15) is 0 Å². The van der Waals surface area contributed by atoms with Crippen LogP contribution in [-0.2, 0) is 14.5 Å². The number of hydrogen-bond acceptors (Lipinski definition) is 3. The van der Waals surface area contributed by atoms with Crippen LogP contribution < -0.4 is 0 Å². The molecule has 0 amide bonds. The first-order valence-electron chi connectivity index (χ1n) is 9.39. The first-order valence-corrected chi connectivity index (χ1v) is 9.39. The number of rotatable bonds is 5. The molecule has 0 N–H and O–H groups in total. The second-order valence-electron chi connectivity index (χ2n) is 7.29. The summed E-state index contributed by atoms with van der Waals surface area (Å²) in [5.74, 6) is -0.442. The van der Waals surface area contributed by atoms with Gasteiger partial charge in [-0.25, -0.2) is 9.78 Å². The van der Waals surface area contributed by atoms with E-state index in [4.69, 9.17) is 14.5 Å². The van der Waals surface area contributed by atoms with Crippen LogP contribution >= 0.6 is 0 Å². The van der Waals surface area contributed by atoms with Crippen molar-refractivity contribution in [2.75, 3.05) is 0 Å². The van der Waals surface area contributed by atoms with Gasteiger partial charge in [-0.1, -0.05) is 44.9 Å². The molecule has 0 radical (unpaired) electrons. The molecule has 21 heavy (non-hydrogen) atoms. The Labute approximate surface area is 129 Å². The van der Waals surface area contributed by atoms with Crippen molar-refractivity contribution in [1.29, 1.82) is 0 Å². The highest BCUT2D eigenvalue weighted by Crippen LogP contribution is 2.37. The van der Waals surface area contributed by atoms with Crippen LogP contribution in [0.15, 0.2) is 0 Å². The van der Waals surface area contributed by atoms with E-state index >= 15 is 0 Å². The Morgan fingerprint density at radius 2 is 1.10 bits per heavy atom. The van der Waals surface area contributed by atoms with E-state index in [0.29, 0.717) is 12.2 Å². The van der Waals surface area contributed by atoms with E-state index in [1.165, 1.54) is 70.6 Å². The van der Waals surface area contributed by atoms with Crippen molar-refractivity contribution in [2.24, 2.45) is 0 Å². The van der Waals surface area contributed by atoms with Gasteiger partial charge in [-0.15, -0.1) is 0 Å². The third-order valence-electron chi connectivity index (χ3n) is 5.44. The van der Waals surface area contributed by atoms with Crippen LogP contribution in [0.25, 0.3) is 0 Å².